The lowest BCUT2D eigenvalue weighted by Gasteiger charge is -2.29. The molecule has 2 aromatic rings. The largest absolute Gasteiger partial charge is 0.478 e. The van der Waals surface area contributed by atoms with Crippen LogP contribution in [0.3, 0.4) is 0 Å². The Morgan fingerprint density at radius 2 is 1.90 bits per heavy atom. The van der Waals surface area contributed by atoms with E-state index in [1.165, 1.54) is 0 Å². The monoisotopic (exact) mass is 283 g/mol. The number of hydrogen-bond acceptors (Lipinski definition) is 4. The van der Waals surface area contributed by atoms with Gasteiger partial charge in [-0.05, 0) is 43.1 Å². The minimum atomic E-state index is -0.895. The van der Waals surface area contributed by atoms with Crippen LogP contribution in [0, 0.1) is 0 Å². The van der Waals surface area contributed by atoms with E-state index in [4.69, 9.17) is 5.11 Å². The minimum absolute atomic E-state index is 0.218. The predicted molar refractivity (Wildman–Crippen MR) is 78.2 cm³/mol. The van der Waals surface area contributed by atoms with Gasteiger partial charge in [0, 0.05) is 24.4 Å². The number of nitrogens with one attached hydrogen (secondary N) is 1. The van der Waals surface area contributed by atoms with Crippen molar-refractivity contribution >= 4 is 5.97 Å². The lowest BCUT2D eigenvalue weighted by atomic mass is 9.88. The van der Waals surface area contributed by atoms with E-state index < -0.39 is 5.97 Å². The van der Waals surface area contributed by atoms with Gasteiger partial charge in [0.1, 0.15) is 5.82 Å². The Morgan fingerprint density at radius 1 is 1.19 bits per heavy atom. The first-order chi connectivity index (χ1) is 10.2. The summed E-state index contributed by atoms with van der Waals surface area (Å²) in [6.45, 7) is 0.911. The Morgan fingerprint density at radius 3 is 2.57 bits per heavy atom. The highest BCUT2D eigenvalue weighted by Gasteiger charge is 2.25. The Balaban J connectivity index is 1.75. The fourth-order valence-corrected chi connectivity index (χ4v) is 2.79. The predicted octanol–water partition coefficient (Wildman–Crippen LogP) is 2.38. The molecule has 1 aliphatic heterocycles. The zero-order valence-electron chi connectivity index (χ0n) is 11.6. The molecule has 0 spiro atoms. The van der Waals surface area contributed by atoms with E-state index >= 15 is 0 Å². The third-order valence-corrected chi connectivity index (χ3v) is 3.91. The van der Waals surface area contributed by atoms with Crippen LogP contribution in [0.2, 0.25) is 0 Å². The second-order valence-corrected chi connectivity index (χ2v) is 5.26. The van der Waals surface area contributed by atoms with E-state index in [-0.39, 0.29) is 6.04 Å². The highest BCUT2D eigenvalue weighted by atomic mass is 16.4. The smallest absolute Gasteiger partial charge is 0.335 e. The third-order valence-electron chi connectivity index (χ3n) is 3.91. The molecule has 0 radical (unpaired) electrons. The van der Waals surface area contributed by atoms with Gasteiger partial charge in [0.15, 0.2) is 0 Å². The lowest BCUT2D eigenvalue weighted by Crippen LogP contribution is -2.31. The maximum Gasteiger partial charge on any atom is 0.335 e. The molecule has 5 heteroatoms. The average molecular weight is 283 g/mol. The number of benzene rings is 1. The van der Waals surface area contributed by atoms with E-state index in [1.54, 1.807) is 24.5 Å². The fourth-order valence-electron chi connectivity index (χ4n) is 2.79. The first kappa shape index (κ1) is 13.7. The van der Waals surface area contributed by atoms with Gasteiger partial charge in [0.2, 0.25) is 0 Å². The van der Waals surface area contributed by atoms with E-state index in [0.717, 1.165) is 30.8 Å². The molecule has 0 saturated carbocycles. The SMILES string of the molecule is O=C(O)c1ccc([C@@H]2CC(c3ncccn3)CCN2)cc1. The van der Waals surface area contributed by atoms with Crippen LogP contribution >= 0.6 is 0 Å². The van der Waals surface area contributed by atoms with Crippen LogP contribution < -0.4 is 5.32 Å². The molecule has 108 valence electrons. The summed E-state index contributed by atoms with van der Waals surface area (Å²) in [5, 5.41) is 12.4. The molecule has 2 N–H and O–H groups in total. The van der Waals surface area contributed by atoms with Crippen molar-refractivity contribution in [2.45, 2.75) is 24.8 Å². The van der Waals surface area contributed by atoms with Crippen LogP contribution in [0.25, 0.3) is 0 Å². The molecule has 5 nitrogen and oxygen atoms in total. The first-order valence-corrected chi connectivity index (χ1v) is 7.07. The third kappa shape index (κ3) is 3.08. The van der Waals surface area contributed by atoms with Crippen molar-refractivity contribution < 1.29 is 9.90 Å². The molecule has 2 atom stereocenters. The van der Waals surface area contributed by atoms with Crippen LogP contribution in [-0.4, -0.2) is 27.6 Å². The Labute approximate surface area is 123 Å². The van der Waals surface area contributed by atoms with Gasteiger partial charge in [-0.15, -0.1) is 0 Å². The van der Waals surface area contributed by atoms with Crippen LogP contribution in [0.15, 0.2) is 42.7 Å². The van der Waals surface area contributed by atoms with Crippen molar-refractivity contribution in [1.29, 1.82) is 0 Å². The fraction of sp³-hybridized carbons (Fsp3) is 0.312. The number of nitrogens with zero attached hydrogens (tertiary/aromatic N) is 2. The normalized spacial score (nSPS) is 21.9. The lowest BCUT2D eigenvalue weighted by molar-refractivity contribution is 0.0697. The molecule has 1 fully saturated rings. The van der Waals surface area contributed by atoms with Gasteiger partial charge in [-0.25, -0.2) is 14.8 Å². The maximum atomic E-state index is 10.9. The zero-order valence-corrected chi connectivity index (χ0v) is 11.6. The summed E-state index contributed by atoms with van der Waals surface area (Å²) in [6, 6.07) is 9.12. The molecule has 2 heterocycles. The summed E-state index contributed by atoms with van der Waals surface area (Å²) < 4.78 is 0. The molecule has 21 heavy (non-hydrogen) atoms. The molecular formula is C16H17N3O2. The van der Waals surface area contributed by atoms with Crippen LogP contribution in [0.1, 0.15) is 46.5 Å². The van der Waals surface area contributed by atoms with E-state index in [9.17, 15) is 4.79 Å². The summed E-state index contributed by atoms with van der Waals surface area (Å²) in [4.78, 5) is 19.6. The molecule has 1 aromatic heterocycles. The second kappa shape index (κ2) is 6.01. The number of carboxylic acid groups (broad SMARTS) is 1. The Kier molecular flexibility index (Phi) is 3.92. The summed E-state index contributed by atoms with van der Waals surface area (Å²) in [5.41, 5.74) is 1.43. The van der Waals surface area contributed by atoms with E-state index in [1.807, 2.05) is 18.2 Å². The molecule has 3 rings (SSSR count). The summed E-state index contributed by atoms with van der Waals surface area (Å²) in [6.07, 6.45) is 5.51. The van der Waals surface area contributed by atoms with Crippen molar-refractivity contribution in [3.63, 3.8) is 0 Å². The van der Waals surface area contributed by atoms with Gasteiger partial charge in [-0.2, -0.15) is 0 Å². The zero-order chi connectivity index (χ0) is 14.7. The quantitative estimate of drug-likeness (QED) is 0.904. The van der Waals surface area contributed by atoms with E-state index in [0.29, 0.717) is 11.5 Å². The molecular weight excluding hydrogens is 266 g/mol. The molecule has 1 saturated heterocycles. The number of carboxylic acids is 1. The molecule has 0 aliphatic carbocycles. The maximum absolute atomic E-state index is 10.9. The highest BCUT2D eigenvalue weighted by molar-refractivity contribution is 5.87. The molecule has 0 amide bonds. The number of rotatable bonds is 3. The van der Waals surface area contributed by atoms with Gasteiger partial charge >= 0.3 is 5.97 Å². The number of aromatic nitrogens is 2. The minimum Gasteiger partial charge on any atom is -0.478 e. The van der Waals surface area contributed by atoms with Crippen LogP contribution in [-0.2, 0) is 0 Å². The van der Waals surface area contributed by atoms with E-state index in [2.05, 4.69) is 15.3 Å². The number of piperidine rings is 1. The summed E-state index contributed by atoms with van der Waals surface area (Å²) in [7, 11) is 0. The number of aromatic carboxylic acids is 1. The molecule has 1 aromatic carbocycles. The molecule has 1 unspecified atom stereocenters. The topological polar surface area (TPSA) is 75.1 Å². The van der Waals surface area contributed by atoms with Crippen molar-refractivity contribution in [2.75, 3.05) is 6.54 Å². The number of hydrogen-bond donors (Lipinski definition) is 2. The van der Waals surface area contributed by atoms with Gasteiger partial charge in [-0.1, -0.05) is 12.1 Å². The van der Waals surface area contributed by atoms with Gasteiger partial charge in [0.25, 0.3) is 0 Å². The summed E-state index contributed by atoms with van der Waals surface area (Å²) in [5.74, 6) is 0.344. The van der Waals surface area contributed by atoms with Crippen LogP contribution in [0.4, 0.5) is 0 Å². The number of carbonyl (C=O) groups is 1. The van der Waals surface area contributed by atoms with Gasteiger partial charge < -0.3 is 10.4 Å². The van der Waals surface area contributed by atoms with Crippen molar-refractivity contribution in [1.82, 2.24) is 15.3 Å². The molecule has 1 aliphatic rings. The van der Waals surface area contributed by atoms with Gasteiger partial charge in [0.05, 0.1) is 5.56 Å². The van der Waals surface area contributed by atoms with Crippen molar-refractivity contribution in [3.8, 4) is 0 Å². The molecule has 0 bridgehead atoms. The standard InChI is InChI=1S/C16H17N3O2/c20-16(21)12-4-2-11(3-5-12)14-10-13(6-9-17-14)15-18-7-1-8-19-15/h1-5,7-8,13-14,17H,6,9-10H2,(H,20,21)/t13?,14-/m0/s1. The summed E-state index contributed by atoms with van der Waals surface area (Å²) >= 11 is 0. The van der Waals surface area contributed by atoms with Crippen molar-refractivity contribution in [2.24, 2.45) is 0 Å². The average Bonchev–Trinajstić information content (AvgIpc) is 2.56. The highest BCUT2D eigenvalue weighted by Crippen LogP contribution is 2.32. The van der Waals surface area contributed by atoms with Crippen LogP contribution in [0.5, 0.6) is 0 Å². The second-order valence-electron chi connectivity index (χ2n) is 5.26. The Hall–Kier alpha value is -2.27. The van der Waals surface area contributed by atoms with Crippen molar-refractivity contribution in [3.05, 3.63) is 59.7 Å². The van der Waals surface area contributed by atoms with Gasteiger partial charge in [-0.3, -0.25) is 0 Å². The first-order valence-electron chi connectivity index (χ1n) is 7.07. The Bertz CT molecular complexity index is 613.